The molecule has 1 saturated heterocycles. The molecule has 0 unspecified atom stereocenters. The topological polar surface area (TPSA) is 47.4 Å². The normalized spacial score (nSPS) is 22.6. The Hall–Kier alpha value is -1.07. The molecule has 1 aliphatic rings. The van der Waals surface area contributed by atoms with Crippen LogP contribution < -0.4 is 0 Å². The predicted molar refractivity (Wildman–Crippen MR) is 82.0 cm³/mol. The number of halogens is 1. The minimum absolute atomic E-state index is 0.0126. The van der Waals surface area contributed by atoms with Gasteiger partial charge < -0.3 is 14.2 Å². The molecule has 1 amide bonds. The highest BCUT2D eigenvalue weighted by molar-refractivity contribution is 6.29. The summed E-state index contributed by atoms with van der Waals surface area (Å²) in [5, 5.41) is 0.576. The van der Waals surface area contributed by atoms with Gasteiger partial charge in [-0.15, -0.1) is 0 Å². The van der Waals surface area contributed by atoms with Crippen molar-refractivity contribution in [1.29, 1.82) is 0 Å². The number of nitrogens with zero attached hydrogens (tertiary/aromatic N) is 3. The number of carbonyl (C=O) groups is 1. The molecule has 6 heteroatoms. The summed E-state index contributed by atoms with van der Waals surface area (Å²) < 4.78 is 7.61. The number of carbonyl (C=O) groups excluding carboxylic acids is 1. The summed E-state index contributed by atoms with van der Waals surface area (Å²) in [7, 11) is 3.67. The fourth-order valence-corrected chi connectivity index (χ4v) is 3.01. The molecule has 1 aliphatic heterocycles. The van der Waals surface area contributed by atoms with Crippen molar-refractivity contribution in [3.05, 3.63) is 17.2 Å². The molecule has 0 radical (unpaired) electrons. The third-order valence-electron chi connectivity index (χ3n) is 4.12. The quantitative estimate of drug-likeness (QED) is 0.858. The summed E-state index contributed by atoms with van der Waals surface area (Å²) in [4.78, 5) is 18.7. The summed E-state index contributed by atoms with van der Waals surface area (Å²) in [5.74, 6) is 1.20. The van der Waals surface area contributed by atoms with E-state index in [9.17, 15) is 4.79 Å². The summed E-state index contributed by atoms with van der Waals surface area (Å²) in [6.07, 6.45) is 3.46. The van der Waals surface area contributed by atoms with Gasteiger partial charge >= 0.3 is 0 Å². The largest absolute Gasteiger partial charge is 0.377 e. The maximum Gasteiger partial charge on any atom is 0.228 e. The molecule has 0 spiro atoms. The van der Waals surface area contributed by atoms with Crippen LogP contribution in [0.15, 0.2) is 6.20 Å². The number of ether oxygens (including phenoxy) is 1. The van der Waals surface area contributed by atoms with Crippen LogP contribution >= 0.6 is 11.6 Å². The molecule has 0 aromatic carbocycles. The molecule has 2 rings (SSSR count). The van der Waals surface area contributed by atoms with E-state index in [1.54, 1.807) is 15.7 Å². The maximum absolute atomic E-state index is 12.7. The number of amides is 1. The van der Waals surface area contributed by atoms with Gasteiger partial charge in [0.05, 0.1) is 24.8 Å². The molecule has 118 valence electrons. The summed E-state index contributed by atoms with van der Waals surface area (Å²) >= 11 is 5.98. The van der Waals surface area contributed by atoms with E-state index >= 15 is 0 Å². The van der Waals surface area contributed by atoms with Gasteiger partial charge in [-0.3, -0.25) is 4.79 Å². The van der Waals surface area contributed by atoms with Crippen LogP contribution in [0.4, 0.5) is 0 Å². The lowest BCUT2D eigenvalue weighted by atomic mass is 9.86. The van der Waals surface area contributed by atoms with Crippen molar-refractivity contribution in [2.45, 2.75) is 39.3 Å². The number of hydrogen-bond donors (Lipinski definition) is 0. The van der Waals surface area contributed by atoms with Crippen molar-refractivity contribution in [2.24, 2.45) is 18.9 Å². The van der Waals surface area contributed by atoms with Crippen LogP contribution in [0.25, 0.3) is 0 Å². The Bertz CT molecular complexity index is 501. The molecular weight excluding hydrogens is 290 g/mol. The van der Waals surface area contributed by atoms with Gasteiger partial charge in [0.1, 0.15) is 11.0 Å². The second-order valence-corrected chi connectivity index (χ2v) is 6.47. The van der Waals surface area contributed by atoms with Crippen LogP contribution in [0.5, 0.6) is 0 Å². The second kappa shape index (κ2) is 6.79. The molecule has 0 bridgehead atoms. The van der Waals surface area contributed by atoms with E-state index in [0.717, 1.165) is 25.3 Å². The highest BCUT2D eigenvalue weighted by atomic mass is 35.5. The first-order chi connectivity index (χ1) is 9.91. The van der Waals surface area contributed by atoms with E-state index in [0.29, 0.717) is 17.6 Å². The molecule has 0 N–H and O–H groups in total. The van der Waals surface area contributed by atoms with Gasteiger partial charge in [0.25, 0.3) is 0 Å². The van der Waals surface area contributed by atoms with Gasteiger partial charge in [-0.1, -0.05) is 25.4 Å². The van der Waals surface area contributed by atoms with Gasteiger partial charge in [-0.2, -0.15) is 0 Å². The maximum atomic E-state index is 12.7. The zero-order valence-electron chi connectivity index (χ0n) is 13.2. The molecule has 0 saturated carbocycles. The van der Waals surface area contributed by atoms with Crippen molar-refractivity contribution >= 4 is 17.5 Å². The highest BCUT2D eigenvalue weighted by Crippen LogP contribution is 2.28. The lowest BCUT2D eigenvalue weighted by molar-refractivity contribution is -0.147. The monoisotopic (exact) mass is 313 g/mol. The lowest BCUT2D eigenvalue weighted by Crippen LogP contribution is -2.44. The predicted octanol–water partition coefficient (Wildman–Crippen LogP) is 2.48. The Kier molecular flexibility index (Phi) is 5.27. The standard InChI is InChI=1S/C15H24ClN3O2/c1-10(2)14-11(6-5-7-21-14)15(20)18(3)9-13-17-8-12(16)19(13)4/h8,10-11,14H,5-7,9H2,1-4H3/t11-,14-/m0/s1. The van der Waals surface area contributed by atoms with Crippen LogP contribution in [-0.2, 0) is 23.1 Å². The van der Waals surface area contributed by atoms with Gasteiger partial charge in [-0.05, 0) is 18.8 Å². The van der Waals surface area contributed by atoms with Crippen molar-refractivity contribution in [3.63, 3.8) is 0 Å². The third-order valence-corrected chi connectivity index (χ3v) is 4.47. The lowest BCUT2D eigenvalue weighted by Gasteiger charge is -2.35. The SMILES string of the molecule is CC(C)[C@@H]1OCCC[C@@H]1C(=O)N(C)Cc1ncc(Cl)n1C. The van der Waals surface area contributed by atoms with Crippen molar-refractivity contribution in [1.82, 2.24) is 14.5 Å². The average Bonchev–Trinajstić information content (AvgIpc) is 2.78. The minimum atomic E-state index is -0.0560. The van der Waals surface area contributed by atoms with Gasteiger partial charge in [0.2, 0.25) is 5.91 Å². The Morgan fingerprint density at radius 2 is 2.33 bits per heavy atom. The van der Waals surface area contributed by atoms with Gasteiger partial charge in [0.15, 0.2) is 0 Å². The Labute approximate surface area is 131 Å². The number of aromatic nitrogens is 2. The highest BCUT2D eigenvalue weighted by Gasteiger charge is 2.35. The van der Waals surface area contributed by atoms with Crippen LogP contribution in [0.3, 0.4) is 0 Å². The molecule has 1 fully saturated rings. The fraction of sp³-hybridized carbons (Fsp3) is 0.733. The number of rotatable bonds is 4. The van der Waals surface area contributed by atoms with Crippen molar-refractivity contribution < 1.29 is 9.53 Å². The summed E-state index contributed by atoms with van der Waals surface area (Å²) in [6.45, 7) is 5.43. The molecule has 21 heavy (non-hydrogen) atoms. The molecule has 2 heterocycles. The molecule has 0 aliphatic carbocycles. The Balaban J connectivity index is 2.05. The number of hydrogen-bond acceptors (Lipinski definition) is 3. The van der Waals surface area contributed by atoms with Gasteiger partial charge in [-0.25, -0.2) is 4.98 Å². The summed E-state index contributed by atoms with van der Waals surface area (Å²) in [5.41, 5.74) is 0. The smallest absolute Gasteiger partial charge is 0.228 e. The van der Waals surface area contributed by atoms with Gasteiger partial charge in [0, 0.05) is 20.7 Å². The van der Waals surface area contributed by atoms with Crippen molar-refractivity contribution in [2.75, 3.05) is 13.7 Å². The minimum Gasteiger partial charge on any atom is -0.377 e. The van der Waals surface area contributed by atoms with Crippen LogP contribution in [0.1, 0.15) is 32.5 Å². The van der Waals surface area contributed by atoms with E-state index in [-0.39, 0.29) is 17.9 Å². The first-order valence-corrected chi connectivity index (χ1v) is 7.82. The molecule has 1 aromatic heterocycles. The molecule has 1 aromatic rings. The van der Waals surface area contributed by atoms with Crippen molar-refractivity contribution in [3.8, 4) is 0 Å². The van der Waals surface area contributed by atoms with E-state index in [2.05, 4.69) is 18.8 Å². The molecule has 5 nitrogen and oxygen atoms in total. The van der Waals surface area contributed by atoms with E-state index < -0.39 is 0 Å². The third kappa shape index (κ3) is 3.58. The average molecular weight is 314 g/mol. The van der Waals surface area contributed by atoms with Crippen LogP contribution in [-0.4, -0.2) is 40.1 Å². The zero-order chi connectivity index (χ0) is 15.6. The number of imidazole rings is 1. The second-order valence-electron chi connectivity index (χ2n) is 6.08. The van der Waals surface area contributed by atoms with Crippen LogP contribution in [0, 0.1) is 11.8 Å². The first kappa shape index (κ1) is 16.3. The van der Waals surface area contributed by atoms with E-state index in [1.807, 2.05) is 14.1 Å². The molecule has 2 atom stereocenters. The Morgan fingerprint density at radius 1 is 1.62 bits per heavy atom. The first-order valence-electron chi connectivity index (χ1n) is 7.44. The molecular formula is C15H24ClN3O2. The van der Waals surface area contributed by atoms with E-state index in [4.69, 9.17) is 16.3 Å². The zero-order valence-corrected chi connectivity index (χ0v) is 13.9. The summed E-state index contributed by atoms with van der Waals surface area (Å²) in [6, 6.07) is 0. The van der Waals surface area contributed by atoms with E-state index in [1.165, 1.54) is 0 Å². The Morgan fingerprint density at radius 3 is 2.90 bits per heavy atom. The fourth-order valence-electron chi connectivity index (χ4n) is 2.87. The van der Waals surface area contributed by atoms with Crippen LogP contribution in [0.2, 0.25) is 5.15 Å².